The molecule has 1 amide bonds. The van der Waals surface area contributed by atoms with Crippen LogP contribution in [0.3, 0.4) is 0 Å². The van der Waals surface area contributed by atoms with E-state index in [1.165, 1.54) is 5.56 Å². The second-order valence-corrected chi connectivity index (χ2v) is 8.26. The number of aryl methyl sites for hydroxylation is 1. The number of hydrogen-bond acceptors (Lipinski definition) is 3. The number of amides is 1. The normalized spacial score (nSPS) is 19.1. The van der Waals surface area contributed by atoms with E-state index in [-0.39, 0.29) is 31.0 Å². The van der Waals surface area contributed by atoms with Gasteiger partial charge in [-0.3, -0.25) is 4.90 Å². The third-order valence-corrected chi connectivity index (χ3v) is 4.37. The first-order valence-electron chi connectivity index (χ1n) is 9.45. The topological polar surface area (TPSA) is 38.8 Å². The third kappa shape index (κ3) is 7.74. The maximum atomic E-state index is 12.6. The Labute approximate surface area is 176 Å². The second-order valence-electron chi connectivity index (χ2n) is 8.26. The van der Waals surface area contributed by atoms with Crippen LogP contribution in [0.5, 0.6) is 0 Å². The van der Waals surface area contributed by atoms with Crippen molar-refractivity contribution in [2.75, 3.05) is 6.61 Å². The average molecular weight is 365 g/mol. The molecule has 0 radical (unpaired) electrons. The van der Waals surface area contributed by atoms with Gasteiger partial charge >= 0.3 is 25.0 Å². The van der Waals surface area contributed by atoms with Crippen LogP contribution in [0.15, 0.2) is 36.4 Å². The molecule has 1 heterocycles. The number of ether oxygens (including phenoxy) is 2. The van der Waals surface area contributed by atoms with Crippen LogP contribution in [0.4, 0.5) is 4.79 Å². The van der Waals surface area contributed by atoms with Gasteiger partial charge in [0.1, 0.15) is 11.3 Å². The Hall–Kier alpha value is -1.21. The molecule has 1 aliphatic rings. The first-order chi connectivity index (χ1) is 12.2. The van der Waals surface area contributed by atoms with Crippen molar-refractivity contribution in [3.05, 3.63) is 48.0 Å². The summed E-state index contributed by atoms with van der Waals surface area (Å²) >= 11 is 0. The van der Waals surface area contributed by atoms with E-state index in [2.05, 4.69) is 24.3 Å². The molecule has 0 aliphatic carbocycles. The number of carbonyl (C=O) groups excluding carboxylic acids is 1. The molecule has 1 saturated heterocycles. The predicted octanol–water partition coefficient (Wildman–Crippen LogP) is 2.13. The minimum Gasteiger partial charge on any atom is -0.444 e. The fourth-order valence-electron chi connectivity index (χ4n) is 3.14. The molecule has 1 atom stereocenters. The van der Waals surface area contributed by atoms with E-state index in [0.717, 1.165) is 25.7 Å². The van der Waals surface area contributed by atoms with E-state index in [0.29, 0.717) is 6.61 Å². The van der Waals surface area contributed by atoms with Gasteiger partial charge in [0, 0.05) is 0 Å². The van der Waals surface area contributed by atoms with E-state index in [1.54, 1.807) is 4.90 Å². The fraction of sp³-hybridized carbons (Fsp3) is 0.591. The standard InChI is InChI=1S/C22H32NO3.Li/c1-21(2,3)26-20(24)23-19(17-25-22(23,4)5)16-12-7-6-9-13-18-14-10-8-11-15-18;/h6-8,10,14-15,19H,9,12-13,16-17H2,1-5H3;/q-1;+1/b7-6+;/t19-;/m0./s1. The predicted molar refractivity (Wildman–Crippen MR) is 104 cm³/mol. The molecule has 0 saturated carbocycles. The molecular formula is C22H32LiNO3. The maximum absolute atomic E-state index is 12.6. The number of hydrogen-bond donors (Lipinski definition) is 0. The van der Waals surface area contributed by atoms with E-state index in [4.69, 9.17) is 9.47 Å². The molecule has 144 valence electrons. The van der Waals surface area contributed by atoms with Crippen molar-refractivity contribution >= 4 is 6.09 Å². The van der Waals surface area contributed by atoms with E-state index in [9.17, 15) is 4.79 Å². The molecule has 0 bridgehead atoms. The molecule has 1 aliphatic heterocycles. The summed E-state index contributed by atoms with van der Waals surface area (Å²) in [6.45, 7) is 10.1. The number of carbonyl (C=O) groups is 1. The number of allylic oxidation sites excluding steroid dienone is 2. The Bertz CT molecular complexity index is 608. The molecule has 1 fully saturated rings. The van der Waals surface area contributed by atoms with Crippen molar-refractivity contribution in [2.45, 2.75) is 77.7 Å². The molecular weight excluding hydrogens is 333 g/mol. The van der Waals surface area contributed by atoms with Crippen molar-refractivity contribution in [1.82, 2.24) is 4.90 Å². The Morgan fingerprint density at radius 3 is 2.70 bits per heavy atom. The fourth-order valence-corrected chi connectivity index (χ4v) is 3.14. The molecule has 0 N–H and O–H groups in total. The summed E-state index contributed by atoms with van der Waals surface area (Å²) in [5, 5.41) is 0. The van der Waals surface area contributed by atoms with Gasteiger partial charge in [-0.15, -0.1) is 0 Å². The second kappa shape index (κ2) is 10.4. The molecule has 0 spiro atoms. The maximum Gasteiger partial charge on any atom is 1.00 e. The number of rotatable bonds is 6. The van der Waals surface area contributed by atoms with Crippen LogP contribution in [-0.4, -0.2) is 35.0 Å². The Balaban J connectivity index is 0.00000364. The summed E-state index contributed by atoms with van der Waals surface area (Å²) in [6.07, 6.45) is 7.95. The Morgan fingerprint density at radius 2 is 2.07 bits per heavy atom. The third-order valence-electron chi connectivity index (χ3n) is 4.37. The van der Waals surface area contributed by atoms with Gasteiger partial charge < -0.3 is 9.47 Å². The molecule has 5 heteroatoms. The van der Waals surface area contributed by atoms with Gasteiger partial charge in [-0.1, -0.05) is 18.6 Å². The zero-order valence-corrected chi connectivity index (χ0v) is 17.7. The van der Waals surface area contributed by atoms with Crippen molar-refractivity contribution in [3.8, 4) is 0 Å². The van der Waals surface area contributed by atoms with Crippen LogP contribution in [0, 0.1) is 6.07 Å². The van der Waals surface area contributed by atoms with Gasteiger partial charge in [0.05, 0.1) is 12.6 Å². The van der Waals surface area contributed by atoms with Crippen LogP contribution in [0.25, 0.3) is 0 Å². The summed E-state index contributed by atoms with van der Waals surface area (Å²) in [4.78, 5) is 14.3. The summed E-state index contributed by atoms with van der Waals surface area (Å²) < 4.78 is 11.4. The average Bonchev–Trinajstić information content (AvgIpc) is 2.85. The summed E-state index contributed by atoms with van der Waals surface area (Å²) in [5.41, 5.74) is 0.175. The van der Waals surface area contributed by atoms with Crippen molar-refractivity contribution < 1.29 is 33.1 Å². The van der Waals surface area contributed by atoms with E-state index in [1.807, 2.05) is 52.8 Å². The first-order valence-corrected chi connectivity index (χ1v) is 9.45. The van der Waals surface area contributed by atoms with Crippen LogP contribution < -0.4 is 18.9 Å². The van der Waals surface area contributed by atoms with E-state index < -0.39 is 11.3 Å². The van der Waals surface area contributed by atoms with Gasteiger partial charge in [0.2, 0.25) is 0 Å². The zero-order chi connectivity index (χ0) is 19.2. The quantitative estimate of drug-likeness (QED) is 0.440. The van der Waals surface area contributed by atoms with Crippen LogP contribution >= 0.6 is 0 Å². The minimum absolute atomic E-state index is 0. The molecule has 1 aromatic carbocycles. The van der Waals surface area contributed by atoms with Gasteiger partial charge in [-0.25, -0.2) is 4.79 Å². The molecule has 0 unspecified atom stereocenters. The first kappa shape index (κ1) is 23.8. The smallest absolute Gasteiger partial charge is 0.444 e. The minimum atomic E-state index is -0.624. The Kier molecular flexibility index (Phi) is 9.15. The Morgan fingerprint density at radius 1 is 1.37 bits per heavy atom. The van der Waals surface area contributed by atoms with Crippen molar-refractivity contribution in [1.29, 1.82) is 0 Å². The molecule has 2 rings (SSSR count). The largest absolute Gasteiger partial charge is 1.00 e. The van der Waals surface area contributed by atoms with Gasteiger partial charge in [-0.2, -0.15) is 35.9 Å². The summed E-state index contributed by atoms with van der Waals surface area (Å²) in [6, 6.07) is 11.2. The van der Waals surface area contributed by atoms with Gasteiger partial charge in [0.15, 0.2) is 0 Å². The van der Waals surface area contributed by atoms with Crippen LogP contribution in [-0.2, 0) is 15.9 Å². The van der Waals surface area contributed by atoms with Crippen molar-refractivity contribution in [3.63, 3.8) is 0 Å². The van der Waals surface area contributed by atoms with Crippen LogP contribution in [0.2, 0.25) is 0 Å². The monoisotopic (exact) mass is 365 g/mol. The SMILES string of the molecule is CC(C)(C)OC(=O)N1[C@@H](CC/C=C/CCc2c[c-]ccc2)COC1(C)C.[Li+]. The van der Waals surface area contributed by atoms with Crippen LogP contribution in [0.1, 0.15) is 59.4 Å². The zero-order valence-electron chi connectivity index (χ0n) is 17.7. The molecule has 4 nitrogen and oxygen atoms in total. The molecule has 27 heavy (non-hydrogen) atoms. The molecule has 0 aromatic heterocycles. The van der Waals surface area contributed by atoms with Gasteiger partial charge in [0.25, 0.3) is 0 Å². The summed E-state index contributed by atoms with van der Waals surface area (Å²) in [5.74, 6) is 0. The van der Waals surface area contributed by atoms with Crippen molar-refractivity contribution in [2.24, 2.45) is 0 Å². The van der Waals surface area contributed by atoms with Gasteiger partial charge in [-0.05, 0) is 53.9 Å². The molecule has 1 aromatic rings. The number of nitrogens with zero attached hydrogens (tertiary/aromatic N) is 1. The summed E-state index contributed by atoms with van der Waals surface area (Å²) in [7, 11) is 0. The number of benzene rings is 1. The van der Waals surface area contributed by atoms with E-state index >= 15 is 0 Å².